The van der Waals surface area contributed by atoms with E-state index in [4.69, 9.17) is 4.84 Å². The zero-order chi connectivity index (χ0) is 33.4. The second kappa shape index (κ2) is 16.2. The van der Waals surface area contributed by atoms with Crippen LogP contribution in [0.25, 0.3) is 10.9 Å². The Hall–Kier alpha value is -3.73. The molecule has 6 atom stereocenters. The Morgan fingerprint density at radius 2 is 1.83 bits per heavy atom. The highest BCUT2D eigenvalue weighted by Crippen LogP contribution is 2.27. The summed E-state index contributed by atoms with van der Waals surface area (Å²) in [5, 5.41) is 16.9. The molecule has 0 saturated carbocycles. The molecule has 2 aliphatic heterocycles. The lowest BCUT2D eigenvalue weighted by Gasteiger charge is -2.39. The van der Waals surface area contributed by atoms with E-state index in [0.717, 1.165) is 29.3 Å². The van der Waals surface area contributed by atoms with Crippen LogP contribution in [0.4, 0.5) is 0 Å². The van der Waals surface area contributed by atoms with Crippen molar-refractivity contribution in [1.82, 2.24) is 20.3 Å². The molecule has 11 nitrogen and oxygen atoms in total. The van der Waals surface area contributed by atoms with Crippen molar-refractivity contribution in [2.24, 2.45) is 11.8 Å². The maximum atomic E-state index is 14.1. The number of para-hydroxylation sites is 1. The molecular formula is C35H50N4O7. The molecule has 1 aromatic carbocycles. The average Bonchev–Trinajstić information content (AvgIpc) is 3.43. The molecule has 46 heavy (non-hydrogen) atoms. The van der Waals surface area contributed by atoms with Crippen molar-refractivity contribution >= 4 is 40.2 Å². The van der Waals surface area contributed by atoms with Gasteiger partial charge in [0.1, 0.15) is 25.3 Å². The lowest BCUT2D eigenvalue weighted by molar-refractivity contribution is -0.147. The van der Waals surface area contributed by atoms with E-state index in [9.17, 15) is 29.1 Å². The predicted octanol–water partition coefficient (Wildman–Crippen LogP) is 3.13. The van der Waals surface area contributed by atoms with E-state index >= 15 is 0 Å². The smallest absolute Gasteiger partial charge is 0.246 e. The average molecular weight is 639 g/mol. The summed E-state index contributed by atoms with van der Waals surface area (Å²) in [6, 6.07) is 5.13. The molecule has 252 valence electrons. The number of aromatic nitrogens is 1. The molecule has 2 unspecified atom stereocenters. The van der Waals surface area contributed by atoms with Crippen LogP contribution in [0, 0.1) is 11.8 Å². The third-order valence-electron chi connectivity index (χ3n) is 9.77. The van der Waals surface area contributed by atoms with Gasteiger partial charge in [-0.15, -0.1) is 0 Å². The number of amides is 3. The SMILES string of the molecule is CCC(=O)C(O)CCCC[C@@H]1CC(=O)[C@H]2CCCCN2C(=O)[C@H](C(C)CC)NC(=O)[C@H](Cc2cn(OC)c3ccccc23)NC1=O. The maximum Gasteiger partial charge on any atom is 0.246 e. The first-order chi connectivity index (χ1) is 22.1. The minimum Gasteiger partial charge on any atom is -0.417 e. The van der Waals surface area contributed by atoms with Crippen LogP contribution >= 0.6 is 0 Å². The van der Waals surface area contributed by atoms with E-state index in [0.29, 0.717) is 38.6 Å². The first-order valence-electron chi connectivity index (χ1n) is 16.9. The lowest BCUT2D eigenvalue weighted by Crippen LogP contribution is -2.61. The van der Waals surface area contributed by atoms with Gasteiger partial charge in [-0.25, -0.2) is 0 Å². The summed E-state index contributed by atoms with van der Waals surface area (Å²) >= 11 is 0. The molecule has 3 N–H and O–H groups in total. The van der Waals surface area contributed by atoms with Crippen LogP contribution in [0.3, 0.4) is 0 Å². The normalized spacial score (nSPS) is 24.3. The fourth-order valence-electron chi connectivity index (χ4n) is 6.73. The fraction of sp³-hybridized carbons (Fsp3) is 0.629. The Kier molecular flexibility index (Phi) is 12.4. The minimum atomic E-state index is -1.04. The molecule has 3 amide bonds. The number of nitrogens with zero attached hydrogens (tertiary/aromatic N) is 2. The van der Waals surface area contributed by atoms with Crippen molar-refractivity contribution in [1.29, 1.82) is 0 Å². The van der Waals surface area contributed by atoms with Crippen LogP contribution in [-0.2, 0) is 30.4 Å². The highest BCUT2D eigenvalue weighted by Gasteiger charge is 2.41. The van der Waals surface area contributed by atoms with Crippen LogP contribution in [0.2, 0.25) is 0 Å². The van der Waals surface area contributed by atoms with Gasteiger partial charge in [0.25, 0.3) is 0 Å². The zero-order valence-electron chi connectivity index (χ0n) is 27.6. The van der Waals surface area contributed by atoms with Gasteiger partial charge in [0, 0.05) is 43.3 Å². The molecule has 0 bridgehead atoms. The molecule has 2 aromatic rings. The van der Waals surface area contributed by atoms with Crippen molar-refractivity contribution in [2.45, 2.75) is 116 Å². The minimum absolute atomic E-state index is 0.0535. The van der Waals surface area contributed by atoms with Crippen LogP contribution in [0.1, 0.15) is 90.5 Å². The van der Waals surface area contributed by atoms with Gasteiger partial charge in [-0.05, 0) is 49.7 Å². The number of hydrogen-bond donors (Lipinski definition) is 3. The van der Waals surface area contributed by atoms with Crippen molar-refractivity contribution in [2.75, 3.05) is 13.7 Å². The molecule has 0 spiro atoms. The number of piperidine rings is 1. The third kappa shape index (κ3) is 8.15. The summed E-state index contributed by atoms with van der Waals surface area (Å²) in [5.41, 5.74) is 1.60. The van der Waals surface area contributed by atoms with Gasteiger partial charge in [-0.3, -0.25) is 24.0 Å². The Bertz CT molecular complexity index is 1400. The van der Waals surface area contributed by atoms with Crippen molar-refractivity contribution in [3.8, 4) is 0 Å². The van der Waals surface area contributed by atoms with E-state index in [2.05, 4.69) is 10.6 Å². The first kappa shape index (κ1) is 35.1. The number of aliphatic hydroxyl groups excluding tert-OH is 1. The number of hydrogen-bond acceptors (Lipinski definition) is 7. The Labute approximate surface area is 271 Å². The van der Waals surface area contributed by atoms with Gasteiger partial charge < -0.3 is 25.5 Å². The molecular weight excluding hydrogens is 588 g/mol. The summed E-state index contributed by atoms with van der Waals surface area (Å²) in [6.07, 6.45) is 5.49. The summed E-state index contributed by atoms with van der Waals surface area (Å²) in [6.45, 7) is 6.00. The highest BCUT2D eigenvalue weighted by molar-refractivity contribution is 5.98. The number of aliphatic hydroxyl groups is 1. The lowest BCUT2D eigenvalue weighted by atomic mass is 9.87. The zero-order valence-corrected chi connectivity index (χ0v) is 27.6. The van der Waals surface area contributed by atoms with Crippen LogP contribution in [0.15, 0.2) is 30.5 Å². The third-order valence-corrected chi connectivity index (χ3v) is 9.77. The maximum absolute atomic E-state index is 14.1. The van der Waals surface area contributed by atoms with E-state index in [1.54, 1.807) is 29.9 Å². The number of rotatable bonds is 12. The fourth-order valence-corrected chi connectivity index (χ4v) is 6.73. The van der Waals surface area contributed by atoms with Gasteiger partial charge in [-0.1, -0.05) is 58.2 Å². The van der Waals surface area contributed by atoms with Gasteiger partial charge in [0.05, 0.1) is 11.6 Å². The standard InChI is InChI=1S/C35H50N4O7/c1-5-22(3)32-35(45)38-18-12-11-16-28(38)31(42)20-23(13-7-10-17-30(41)29(40)6-2)33(43)36-26(34(44)37-32)19-24-21-39(46-4)27-15-9-8-14-25(24)27/h8-9,14-15,21-23,26,28,30,32,41H,5-7,10-13,16-20H2,1-4H3,(H,36,43)(H,37,44)/t22?,23-,26+,28-,30?,32+/m1/s1. The second-order valence-corrected chi connectivity index (χ2v) is 12.8. The summed E-state index contributed by atoms with van der Waals surface area (Å²) in [5.74, 6) is -2.40. The molecule has 0 radical (unpaired) electrons. The number of unbranched alkanes of at least 4 members (excludes halogenated alkanes) is 1. The number of carbonyl (C=O) groups is 5. The van der Waals surface area contributed by atoms with Crippen molar-refractivity contribution in [3.63, 3.8) is 0 Å². The number of benzene rings is 1. The van der Waals surface area contributed by atoms with Gasteiger partial charge in [0.2, 0.25) is 17.7 Å². The molecule has 3 heterocycles. The Balaban J connectivity index is 1.66. The molecule has 1 aromatic heterocycles. The van der Waals surface area contributed by atoms with Crippen LogP contribution in [0.5, 0.6) is 0 Å². The van der Waals surface area contributed by atoms with E-state index < -0.39 is 42.0 Å². The molecule has 4 rings (SSSR count). The largest absolute Gasteiger partial charge is 0.417 e. The monoisotopic (exact) mass is 638 g/mol. The van der Waals surface area contributed by atoms with E-state index in [1.807, 2.05) is 38.1 Å². The molecule has 2 saturated heterocycles. The number of fused-ring (bicyclic) bond motifs is 2. The molecule has 11 heteroatoms. The van der Waals surface area contributed by atoms with Crippen molar-refractivity contribution in [3.05, 3.63) is 36.0 Å². The summed E-state index contributed by atoms with van der Waals surface area (Å²) < 4.78 is 1.61. The predicted molar refractivity (Wildman–Crippen MR) is 174 cm³/mol. The van der Waals surface area contributed by atoms with Crippen molar-refractivity contribution < 1.29 is 33.9 Å². The van der Waals surface area contributed by atoms with E-state index in [1.165, 1.54) is 0 Å². The summed E-state index contributed by atoms with van der Waals surface area (Å²) in [4.78, 5) is 74.9. The van der Waals surface area contributed by atoms with Gasteiger partial charge >= 0.3 is 0 Å². The van der Waals surface area contributed by atoms with Crippen LogP contribution in [-0.4, -0.2) is 81.9 Å². The Morgan fingerprint density at radius 3 is 2.54 bits per heavy atom. The van der Waals surface area contributed by atoms with Gasteiger partial charge in [0.15, 0.2) is 11.6 Å². The first-order valence-corrected chi connectivity index (χ1v) is 16.9. The molecule has 2 aliphatic rings. The number of Topliss-reactive ketones (excluding diaryl/α,β-unsaturated/α-hetero) is 2. The second-order valence-electron chi connectivity index (χ2n) is 12.8. The number of ketones is 2. The number of nitrogens with one attached hydrogen (secondary N) is 2. The highest BCUT2D eigenvalue weighted by atomic mass is 16.6. The van der Waals surface area contributed by atoms with E-state index in [-0.39, 0.29) is 49.1 Å². The molecule has 2 fully saturated rings. The Morgan fingerprint density at radius 1 is 1.07 bits per heavy atom. The summed E-state index contributed by atoms with van der Waals surface area (Å²) in [7, 11) is 1.55. The van der Waals surface area contributed by atoms with Gasteiger partial charge in [-0.2, -0.15) is 4.73 Å². The van der Waals surface area contributed by atoms with Crippen LogP contribution < -0.4 is 15.5 Å². The molecule has 0 aliphatic carbocycles. The quantitative estimate of drug-likeness (QED) is 0.303. The topological polar surface area (TPSA) is 147 Å². The number of carbonyl (C=O) groups excluding carboxylic acids is 5.